The maximum Gasteiger partial charge on any atom is 0.317 e. The first kappa shape index (κ1) is 16.8. The molecule has 1 aliphatic heterocycles. The molecule has 6 heteroatoms. The lowest BCUT2D eigenvalue weighted by atomic mass is 9.83. The van der Waals surface area contributed by atoms with Crippen molar-refractivity contribution in [2.45, 2.75) is 46.1 Å². The van der Waals surface area contributed by atoms with E-state index >= 15 is 0 Å². The molecule has 116 valence electrons. The molecular formula is C14H26N2O4. The van der Waals surface area contributed by atoms with Gasteiger partial charge in [-0.1, -0.05) is 13.3 Å². The van der Waals surface area contributed by atoms with Crippen LogP contribution in [0.25, 0.3) is 0 Å². The molecule has 6 nitrogen and oxygen atoms in total. The summed E-state index contributed by atoms with van der Waals surface area (Å²) in [7, 11) is 0. The molecule has 0 radical (unpaired) electrons. The van der Waals surface area contributed by atoms with Crippen LogP contribution in [0, 0.1) is 5.41 Å². The molecule has 1 saturated heterocycles. The van der Waals surface area contributed by atoms with Gasteiger partial charge in [0.25, 0.3) is 0 Å². The van der Waals surface area contributed by atoms with Gasteiger partial charge < -0.3 is 20.1 Å². The van der Waals surface area contributed by atoms with Crippen molar-refractivity contribution in [3.63, 3.8) is 0 Å². The zero-order valence-electron chi connectivity index (χ0n) is 12.6. The van der Waals surface area contributed by atoms with Crippen molar-refractivity contribution in [2.24, 2.45) is 5.41 Å². The summed E-state index contributed by atoms with van der Waals surface area (Å²) in [6.45, 7) is 7.62. The number of carboxylic acids is 1. The number of aliphatic carboxylic acids is 1. The Balaban J connectivity index is 2.49. The lowest BCUT2D eigenvalue weighted by molar-refractivity contribution is -0.148. The topological polar surface area (TPSA) is 78.9 Å². The minimum atomic E-state index is -0.794. The SMILES string of the molecule is CCCC1(C(=O)O)CCN(C(=O)NCC(C)OCC)C1. The second-order valence-corrected chi connectivity index (χ2v) is 5.46. The fourth-order valence-electron chi connectivity index (χ4n) is 2.70. The highest BCUT2D eigenvalue weighted by molar-refractivity contribution is 5.79. The van der Waals surface area contributed by atoms with Crippen LogP contribution in [0.5, 0.6) is 0 Å². The van der Waals surface area contributed by atoms with E-state index in [4.69, 9.17) is 4.74 Å². The third-order valence-corrected chi connectivity index (χ3v) is 3.82. The van der Waals surface area contributed by atoms with E-state index in [1.165, 1.54) is 0 Å². The van der Waals surface area contributed by atoms with Gasteiger partial charge >= 0.3 is 12.0 Å². The second kappa shape index (κ2) is 7.47. The molecule has 0 saturated carbocycles. The normalized spacial score (nSPS) is 23.6. The molecule has 1 fully saturated rings. The maximum absolute atomic E-state index is 12.0. The van der Waals surface area contributed by atoms with Gasteiger partial charge in [0.15, 0.2) is 0 Å². The summed E-state index contributed by atoms with van der Waals surface area (Å²) in [4.78, 5) is 25.1. The smallest absolute Gasteiger partial charge is 0.317 e. The average Bonchev–Trinajstić information content (AvgIpc) is 2.82. The quantitative estimate of drug-likeness (QED) is 0.746. The number of nitrogens with zero attached hydrogens (tertiary/aromatic N) is 1. The zero-order valence-corrected chi connectivity index (χ0v) is 12.6. The first-order chi connectivity index (χ1) is 9.45. The molecule has 0 spiro atoms. The van der Waals surface area contributed by atoms with Crippen molar-refractivity contribution in [1.29, 1.82) is 0 Å². The summed E-state index contributed by atoms with van der Waals surface area (Å²) in [6.07, 6.45) is 1.92. The molecule has 2 atom stereocenters. The Morgan fingerprint density at radius 3 is 2.70 bits per heavy atom. The van der Waals surface area contributed by atoms with E-state index in [2.05, 4.69) is 5.32 Å². The number of carbonyl (C=O) groups is 2. The van der Waals surface area contributed by atoms with Crippen LogP contribution in [0.3, 0.4) is 0 Å². The van der Waals surface area contributed by atoms with E-state index in [9.17, 15) is 14.7 Å². The van der Waals surface area contributed by atoms with Gasteiger partial charge in [0.1, 0.15) is 0 Å². The van der Waals surface area contributed by atoms with Crippen LogP contribution >= 0.6 is 0 Å². The second-order valence-electron chi connectivity index (χ2n) is 5.46. The fourth-order valence-corrected chi connectivity index (χ4v) is 2.70. The summed E-state index contributed by atoms with van der Waals surface area (Å²) >= 11 is 0. The number of nitrogens with one attached hydrogen (secondary N) is 1. The van der Waals surface area contributed by atoms with E-state index in [1.54, 1.807) is 4.90 Å². The van der Waals surface area contributed by atoms with Crippen LogP contribution < -0.4 is 5.32 Å². The molecule has 2 amide bonds. The Kier molecular flexibility index (Phi) is 6.26. The van der Waals surface area contributed by atoms with Gasteiger partial charge in [-0.25, -0.2) is 4.79 Å². The maximum atomic E-state index is 12.0. The molecule has 0 aromatic rings. The van der Waals surface area contributed by atoms with Crippen molar-refractivity contribution in [3.05, 3.63) is 0 Å². The molecule has 0 aliphatic carbocycles. The number of rotatable bonds is 7. The molecule has 0 aromatic carbocycles. The highest BCUT2D eigenvalue weighted by Gasteiger charge is 2.45. The largest absolute Gasteiger partial charge is 0.481 e. The van der Waals surface area contributed by atoms with E-state index in [0.29, 0.717) is 39.1 Å². The highest BCUT2D eigenvalue weighted by Crippen LogP contribution is 2.35. The van der Waals surface area contributed by atoms with E-state index < -0.39 is 11.4 Å². The molecule has 1 heterocycles. The van der Waals surface area contributed by atoms with Gasteiger partial charge in [-0.15, -0.1) is 0 Å². The minimum Gasteiger partial charge on any atom is -0.481 e. The lowest BCUT2D eigenvalue weighted by Gasteiger charge is -2.24. The monoisotopic (exact) mass is 286 g/mol. The van der Waals surface area contributed by atoms with Crippen molar-refractivity contribution < 1.29 is 19.4 Å². The van der Waals surface area contributed by atoms with Crippen molar-refractivity contribution >= 4 is 12.0 Å². The first-order valence-electron chi connectivity index (χ1n) is 7.33. The van der Waals surface area contributed by atoms with Crippen LogP contribution in [0.1, 0.15) is 40.0 Å². The molecule has 1 aliphatic rings. The Morgan fingerprint density at radius 2 is 2.15 bits per heavy atom. The van der Waals surface area contributed by atoms with E-state index in [-0.39, 0.29) is 12.1 Å². The van der Waals surface area contributed by atoms with Gasteiger partial charge in [-0.3, -0.25) is 4.79 Å². The third kappa shape index (κ3) is 4.10. The summed E-state index contributed by atoms with van der Waals surface area (Å²) in [5.41, 5.74) is -0.766. The standard InChI is InChI=1S/C14H26N2O4/c1-4-6-14(12(17)18)7-8-16(10-14)13(19)15-9-11(3)20-5-2/h11H,4-10H2,1-3H3,(H,15,19)(H,17,18). The first-order valence-corrected chi connectivity index (χ1v) is 7.33. The molecule has 20 heavy (non-hydrogen) atoms. The highest BCUT2D eigenvalue weighted by atomic mass is 16.5. The Labute approximate surface area is 120 Å². The minimum absolute atomic E-state index is 0.0357. The molecule has 0 bridgehead atoms. The van der Waals surface area contributed by atoms with Crippen LogP contribution in [0.4, 0.5) is 4.79 Å². The van der Waals surface area contributed by atoms with E-state index in [1.807, 2.05) is 20.8 Å². The summed E-state index contributed by atoms with van der Waals surface area (Å²) in [6, 6.07) is -0.198. The predicted octanol–water partition coefficient (Wildman–Crippen LogP) is 1.70. The van der Waals surface area contributed by atoms with Gasteiger partial charge in [-0.2, -0.15) is 0 Å². The number of hydrogen-bond donors (Lipinski definition) is 2. The number of hydrogen-bond acceptors (Lipinski definition) is 3. The van der Waals surface area contributed by atoms with Gasteiger partial charge in [0.2, 0.25) is 0 Å². The van der Waals surface area contributed by atoms with Crippen LogP contribution in [-0.2, 0) is 9.53 Å². The molecular weight excluding hydrogens is 260 g/mol. The van der Waals surface area contributed by atoms with Crippen LogP contribution in [-0.4, -0.2) is 54.4 Å². The van der Waals surface area contributed by atoms with Crippen molar-refractivity contribution in [2.75, 3.05) is 26.2 Å². The number of likely N-dealkylation sites (tertiary alicyclic amines) is 1. The Hall–Kier alpha value is -1.30. The number of carbonyl (C=O) groups excluding carboxylic acids is 1. The summed E-state index contributed by atoms with van der Waals surface area (Å²) < 4.78 is 5.35. The number of carboxylic acid groups (broad SMARTS) is 1. The molecule has 2 N–H and O–H groups in total. The average molecular weight is 286 g/mol. The zero-order chi connectivity index (χ0) is 15.2. The predicted molar refractivity (Wildman–Crippen MR) is 75.7 cm³/mol. The van der Waals surface area contributed by atoms with Gasteiger partial charge in [0, 0.05) is 26.2 Å². The van der Waals surface area contributed by atoms with E-state index in [0.717, 1.165) is 6.42 Å². The third-order valence-electron chi connectivity index (χ3n) is 3.82. The van der Waals surface area contributed by atoms with Gasteiger partial charge in [-0.05, 0) is 26.7 Å². The molecule has 1 rings (SSSR count). The number of amides is 2. The Morgan fingerprint density at radius 1 is 1.45 bits per heavy atom. The lowest BCUT2D eigenvalue weighted by Crippen LogP contribution is -2.43. The summed E-state index contributed by atoms with van der Waals surface area (Å²) in [5.74, 6) is -0.794. The molecule has 2 unspecified atom stereocenters. The van der Waals surface area contributed by atoms with Crippen LogP contribution in [0.15, 0.2) is 0 Å². The summed E-state index contributed by atoms with van der Waals surface area (Å²) in [5, 5.41) is 12.2. The number of urea groups is 1. The Bertz CT molecular complexity index is 348. The van der Waals surface area contributed by atoms with Crippen molar-refractivity contribution in [1.82, 2.24) is 10.2 Å². The molecule has 0 aromatic heterocycles. The van der Waals surface area contributed by atoms with Crippen molar-refractivity contribution in [3.8, 4) is 0 Å². The van der Waals surface area contributed by atoms with Crippen LogP contribution in [0.2, 0.25) is 0 Å². The number of ether oxygens (including phenoxy) is 1. The van der Waals surface area contributed by atoms with Gasteiger partial charge in [0.05, 0.1) is 11.5 Å². The fraction of sp³-hybridized carbons (Fsp3) is 0.857.